The van der Waals surface area contributed by atoms with Crippen LogP contribution in [0.25, 0.3) is 11.1 Å². The van der Waals surface area contributed by atoms with Gasteiger partial charge in [-0.3, -0.25) is 4.90 Å². The quantitative estimate of drug-likeness (QED) is 0.795. The van der Waals surface area contributed by atoms with Crippen LogP contribution in [0.3, 0.4) is 0 Å². The zero-order valence-corrected chi connectivity index (χ0v) is 15.1. The number of hydrogen-bond acceptors (Lipinski definition) is 2. The van der Waals surface area contributed by atoms with Crippen LogP contribution in [-0.2, 0) is 13.1 Å². The first-order valence-corrected chi connectivity index (χ1v) is 9.32. The lowest BCUT2D eigenvalue weighted by molar-refractivity contribution is 0.332. The van der Waals surface area contributed by atoms with Gasteiger partial charge in [-0.15, -0.1) is 0 Å². The van der Waals surface area contributed by atoms with E-state index in [4.69, 9.17) is 0 Å². The van der Waals surface area contributed by atoms with Gasteiger partial charge in [0.15, 0.2) is 0 Å². The number of benzene rings is 2. The summed E-state index contributed by atoms with van der Waals surface area (Å²) in [5.41, 5.74) is 5.52. The molecule has 1 aliphatic rings. The second-order valence-corrected chi connectivity index (χ2v) is 7.36. The molecule has 0 atom stereocenters. The zero-order chi connectivity index (χ0) is 16.8. The molecular formula is C22H30N2. The van der Waals surface area contributed by atoms with E-state index in [1.807, 2.05) is 0 Å². The first-order valence-electron chi connectivity index (χ1n) is 9.32. The molecule has 0 unspecified atom stereocenters. The van der Waals surface area contributed by atoms with Crippen molar-refractivity contribution in [1.29, 1.82) is 0 Å². The molecule has 2 aromatic carbocycles. The number of rotatable bonds is 7. The van der Waals surface area contributed by atoms with E-state index in [1.54, 1.807) is 0 Å². The average Bonchev–Trinajstić information content (AvgIpc) is 3.09. The van der Waals surface area contributed by atoms with Gasteiger partial charge >= 0.3 is 0 Å². The molecule has 2 nitrogen and oxygen atoms in total. The zero-order valence-electron chi connectivity index (χ0n) is 15.1. The van der Waals surface area contributed by atoms with E-state index in [9.17, 15) is 0 Å². The third kappa shape index (κ3) is 4.68. The molecule has 24 heavy (non-hydrogen) atoms. The first kappa shape index (κ1) is 17.2. The Hall–Kier alpha value is -1.64. The minimum atomic E-state index is 0.696. The molecule has 2 aromatic rings. The van der Waals surface area contributed by atoms with Gasteiger partial charge in [0.25, 0.3) is 0 Å². The minimum absolute atomic E-state index is 0.696. The van der Waals surface area contributed by atoms with Crippen LogP contribution >= 0.6 is 0 Å². The maximum absolute atomic E-state index is 3.51. The number of hydrogen-bond donors (Lipinski definition) is 1. The van der Waals surface area contributed by atoms with Crippen molar-refractivity contribution in [3.63, 3.8) is 0 Å². The summed E-state index contributed by atoms with van der Waals surface area (Å²) in [6.45, 7) is 10.1. The number of nitrogens with zero attached hydrogens (tertiary/aromatic N) is 1. The maximum Gasteiger partial charge on any atom is 0.0239 e. The highest BCUT2D eigenvalue weighted by Gasteiger charge is 2.14. The van der Waals surface area contributed by atoms with E-state index < -0.39 is 0 Å². The third-order valence-electron chi connectivity index (χ3n) is 4.76. The van der Waals surface area contributed by atoms with Crippen molar-refractivity contribution in [2.75, 3.05) is 19.6 Å². The lowest BCUT2D eigenvalue weighted by atomic mass is 9.98. The van der Waals surface area contributed by atoms with Crippen LogP contribution in [-0.4, -0.2) is 24.5 Å². The Morgan fingerprint density at radius 1 is 0.958 bits per heavy atom. The Labute approximate surface area is 146 Å². The van der Waals surface area contributed by atoms with E-state index >= 15 is 0 Å². The molecule has 128 valence electrons. The van der Waals surface area contributed by atoms with Crippen LogP contribution in [0, 0.1) is 5.92 Å². The first-order chi connectivity index (χ1) is 11.7. The van der Waals surface area contributed by atoms with Crippen LogP contribution in [0.2, 0.25) is 0 Å². The van der Waals surface area contributed by atoms with E-state index in [0.29, 0.717) is 5.92 Å². The number of likely N-dealkylation sites (tertiary alicyclic amines) is 1. The lowest BCUT2D eigenvalue weighted by Gasteiger charge is -2.18. The fraction of sp³-hybridized carbons (Fsp3) is 0.455. The van der Waals surface area contributed by atoms with Crippen molar-refractivity contribution in [2.45, 2.75) is 39.8 Å². The second-order valence-electron chi connectivity index (χ2n) is 7.36. The van der Waals surface area contributed by atoms with E-state index in [2.05, 4.69) is 72.6 Å². The van der Waals surface area contributed by atoms with Gasteiger partial charge in [-0.2, -0.15) is 0 Å². The Bertz CT molecular complexity index is 625. The van der Waals surface area contributed by atoms with Gasteiger partial charge in [-0.05, 0) is 60.6 Å². The Balaban J connectivity index is 1.69. The molecule has 0 amide bonds. The standard InChI is InChI=1S/C22H30N2/c1-18(2)15-23-16-19-9-11-20(12-10-19)22-8-4-3-7-21(22)17-24-13-5-6-14-24/h3-4,7-12,18,23H,5-6,13-17H2,1-2H3. The predicted octanol–water partition coefficient (Wildman–Crippen LogP) is 4.70. The molecular weight excluding hydrogens is 292 g/mol. The molecule has 1 fully saturated rings. The molecule has 1 saturated heterocycles. The van der Waals surface area contributed by atoms with Crippen molar-refractivity contribution < 1.29 is 0 Å². The van der Waals surface area contributed by atoms with Crippen LogP contribution < -0.4 is 5.32 Å². The molecule has 1 aliphatic heterocycles. The fourth-order valence-electron chi connectivity index (χ4n) is 3.43. The highest BCUT2D eigenvalue weighted by Crippen LogP contribution is 2.26. The Kier molecular flexibility index (Phi) is 6.06. The van der Waals surface area contributed by atoms with Crippen molar-refractivity contribution in [3.05, 3.63) is 59.7 Å². The third-order valence-corrected chi connectivity index (χ3v) is 4.76. The average molecular weight is 322 g/mol. The summed E-state index contributed by atoms with van der Waals surface area (Å²) in [6, 6.07) is 17.9. The summed E-state index contributed by atoms with van der Waals surface area (Å²) in [4.78, 5) is 2.57. The monoisotopic (exact) mass is 322 g/mol. The van der Waals surface area contributed by atoms with Gasteiger partial charge in [0.05, 0.1) is 0 Å². The molecule has 2 heteroatoms. The molecule has 0 aliphatic carbocycles. The van der Waals surface area contributed by atoms with Crippen LogP contribution in [0.15, 0.2) is 48.5 Å². The topological polar surface area (TPSA) is 15.3 Å². The summed E-state index contributed by atoms with van der Waals surface area (Å²) in [5, 5.41) is 3.51. The highest BCUT2D eigenvalue weighted by atomic mass is 15.1. The summed E-state index contributed by atoms with van der Waals surface area (Å²) in [7, 11) is 0. The van der Waals surface area contributed by atoms with E-state index in [0.717, 1.165) is 19.6 Å². The van der Waals surface area contributed by atoms with Crippen molar-refractivity contribution in [3.8, 4) is 11.1 Å². The van der Waals surface area contributed by atoms with Crippen LogP contribution in [0.1, 0.15) is 37.8 Å². The highest BCUT2D eigenvalue weighted by molar-refractivity contribution is 5.67. The number of nitrogens with one attached hydrogen (secondary N) is 1. The fourth-order valence-corrected chi connectivity index (χ4v) is 3.43. The summed E-state index contributed by atoms with van der Waals surface area (Å²) in [6.07, 6.45) is 2.69. The molecule has 0 bridgehead atoms. The molecule has 1 heterocycles. The van der Waals surface area contributed by atoms with Crippen LogP contribution in [0.4, 0.5) is 0 Å². The predicted molar refractivity (Wildman–Crippen MR) is 103 cm³/mol. The smallest absolute Gasteiger partial charge is 0.0239 e. The summed E-state index contributed by atoms with van der Waals surface area (Å²) < 4.78 is 0. The molecule has 0 saturated carbocycles. The van der Waals surface area contributed by atoms with Gasteiger partial charge < -0.3 is 5.32 Å². The molecule has 1 N–H and O–H groups in total. The van der Waals surface area contributed by atoms with Crippen molar-refractivity contribution in [1.82, 2.24) is 10.2 Å². The molecule has 0 radical (unpaired) electrons. The molecule has 0 aromatic heterocycles. The van der Waals surface area contributed by atoms with Gasteiger partial charge in [0, 0.05) is 13.1 Å². The normalized spacial score (nSPS) is 15.3. The van der Waals surface area contributed by atoms with E-state index in [-0.39, 0.29) is 0 Å². The van der Waals surface area contributed by atoms with Crippen molar-refractivity contribution in [2.24, 2.45) is 5.92 Å². The summed E-state index contributed by atoms with van der Waals surface area (Å²) in [5.74, 6) is 0.696. The maximum atomic E-state index is 3.51. The lowest BCUT2D eigenvalue weighted by Crippen LogP contribution is -2.19. The largest absolute Gasteiger partial charge is 0.312 e. The summed E-state index contributed by atoms with van der Waals surface area (Å²) >= 11 is 0. The Morgan fingerprint density at radius 2 is 1.67 bits per heavy atom. The SMILES string of the molecule is CC(C)CNCc1ccc(-c2ccccc2CN2CCCC2)cc1. The second kappa shape index (κ2) is 8.46. The molecule has 0 spiro atoms. The van der Waals surface area contributed by atoms with Gasteiger partial charge in [-0.1, -0.05) is 62.4 Å². The van der Waals surface area contributed by atoms with Crippen molar-refractivity contribution >= 4 is 0 Å². The van der Waals surface area contributed by atoms with Gasteiger partial charge in [0.2, 0.25) is 0 Å². The van der Waals surface area contributed by atoms with Crippen LogP contribution in [0.5, 0.6) is 0 Å². The Morgan fingerprint density at radius 3 is 2.38 bits per heavy atom. The van der Waals surface area contributed by atoms with Gasteiger partial charge in [-0.25, -0.2) is 0 Å². The molecule has 3 rings (SSSR count). The minimum Gasteiger partial charge on any atom is -0.312 e. The van der Waals surface area contributed by atoms with Gasteiger partial charge in [0.1, 0.15) is 0 Å². The van der Waals surface area contributed by atoms with E-state index in [1.165, 1.54) is 48.2 Å².